The Bertz CT molecular complexity index is 852. The second-order valence-electron chi connectivity index (χ2n) is 7.91. The minimum Gasteiger partial charge on any atom is -0.497 e. The summed E-state index contributed by atoms with van der Waals surface area (Å²) in [6.07, 6.45) is 0. The molecule has 2 unspecified atom stereocenters. The first-order chi connectivity index (χ1) is 18.6. The van der Waals surface area contributed by atoms with Gasteiger partial charge in [0.2, 0.25) is 5.91 Å². The molecule has 1 heterocycles. The van der Waals surface area contributed by atoms with E-state index in [-0.39, 0.29) is 29.0 Å². The standard InChI is InChI=1S/C23H37IN6O7S/c1-33-20-4-2-18(3-5-20)14-26-21(31)17-38-22-19(15-27-23(32)29-22)16-37-13-12-36-11-10-35-9-8-34-7-6-28-30-24-25/h2-5,19,22,25H,6-17H2,1H3,(H,26,31)(H2,27,29,32). The van der Waals surface area contributed by atoms with E-state index < -0.39 is 21.3 Å². The van der Waals surface area contributed by atoms with Crippen LogP contribution in [0.2, 0.25) is 0 Å². The number of hydrogen-bond acceptors (Lipinski definition) is 10. The lowest BCUT2D eigenvalue weighted by Crippen LogP contribution is -2.55. The van der Waals surface area contributed by atoms with Crippen LogP contribution in [-0.2, 0) is 30.3 Å². The molecule has 3 amide bonds. The number of nitrogens with zero attached hydrogens (tertiary/aromatic N) is 2. The summed E-state index contributed by atoms with van der Waals surface area (Å²) in [6.45, 7) is 5.00. The SMILES string of the molecule is COc1ccc(CNC(=O)CSC2NC(=O)NCC2COCCOCCOCCOCCN=NI=N)cc1. The van der Waals surface area contributed by atoms with Crippen molar-refractivity contribution in [1.82, 2.24) is 16.0 Å². The predicted octanol–water partition coefficient (Wildman–Crippen LogP) is 2.47. The number of amides is 3. The number of thioether (sulfide) groups is 1. The first-order valence-corrected chi connectivity index (χ1v) is 15.2. The summed E-state index contributed by atoms with van der Waals surface area (Å²) >= 11 is 0.502. The molecule has 0 bridgehead atoms. The zero-order valence-corrected chi connectivity index (χ0v) is 24.5. The number of carbonyl (C=O) groups excluding carboxylic acids is 2. The molecule has 0 aliphatic carbocycles. The molecule has 2 rings (SSSR count). The lowest BCUT2D eigenvalue weighted by Gasteiger charge is -2.32. The van der Waals surface area contributed by atoms with Crippen LogP contribution < -0.4 is 20.7 Å². The van der Waals surface area contributed by atoms with Crippen LogP contribution in [0.4, 0.5) is 4.79 Å². The maximum Gasteiger partial charge on any atom is 0.315 e. The van der Waals surface area contributed by atoms with E-state index in [1.165, 1.54) is 11.8 Å². The Labute approximate surface area is 237 Å². The Morgan fingerprint density at radius 2 is 1.74 bits per heavy atom. The summed E-state index contributed by atoms with van der Waals surface area (Å²) in [7, 11) is 1.61. The summed E-state index contributed by atoms with van der Waals surface area (Å²) in [4.78, 5) is 24.1. The van der Waals surface area contributed by atoms with Gasteiger partial charge in [0.25, 0.3) is 0 Å². The summed E-state index contributed by atoms with van der Waals surface area (Å²) < 4.78 is 37.7. The van der Waals surface area contributed by atoms with E-state index in [1.54, 1.807) is 7.11 Å². The lowest BCUT2D eigenvalue weighted by atomic mass is 10.1. The topological polar surface area (TPSA) is 165 Å². The fraction of sp³-hybridized carbons (Fsp3) is 0.652. The number of carbonyl (C=O) groups is 2. The molecule has 0 saturated carbocycles. The zero-order chi connectivity index (χ0) is 27.3. The van der Waals surface area contributed by atoms with Gasteiger partial charge in [-0.2, -0.15) is 5.11 Å². The largest absolute Gasteiger partial charge is 0.497 e. The Morgan fingerprint density at radius 1 is 1.08 bits per heavy atom. The summed E-state index contributed by atoms with van der Waals surface area (Å²) in [5.74, 6) is 0.908. The molecular formula is C23H37IN6O7S. The number of halogens is 1. The quantitative estimate of drug-likeness (QED) is 0.0882. The van der Waals surface area contributed by atoms with E-state index in [4.69, 9.17) is 27.2 Å². The number of benzene rings is 1. The van der Waals surface area contributed by atoms with Crippen molar-refractivity contribution in [3.8, 4) is 5.75 Å². The fourth-order valence-electron chi connectivity index (χ4n) is 3.18. The number of nitrogens with one attached hydrogen (secondary N) is 4. The number of methoxy groups -OCH3 is 1. The molecule has 1 saturated heterocycles. The highest BCUT2D eigenvalue weighted by molar-refractivity contribution is 14.1. The Balaban J connectivity index is 1.51. The molecular weight excluding hydrogens is 631 g/mol. The van der Waals surface area contributed by atoms with E-state index in [0.717, 1.165) is 11.3 Å². The van der Waals surface area contributed by atoms with Crippen molar-refractivity contribution in [3.05, 3.63) is 29.8 Å². The molecule has 38 heavy (non-hydrogen) atoms. The first-order valence-electron chi connectivity index (χ1n) is 12.2. The average molecular weight is 669 g/mol. The van der Waals surface area contributed by atoms with Crippen molar-refractivity contribution in [3.63, 3.8) is 0 Å². The molecule has 1 fully saturated rings. The molecule has 13 nitrogen and oxygen atoms in total. The van der Waals surface area contributed by atoms with Crippen molar-refractivity contribution in [1.29, 1.82) is 3.56 Å². The molecule has 1 aromatic rings. The molecule has 1 aromatic carbocycles. The van der Waals surface area contributed by atoms with Gasteiger partial charge in [-0.05, 0) is 17.7 Å². The first kappa shape index (κ1) is 32.3. The third-order valence-corrected chi connectivity index (χ3v) is 6.96. The molecule has 0 aromatic heterocycles. The fourth-order valence-corrected chi connectivity index (χ4v) is 4.62. The Morgan fingerprint density at radius 3 is 2.39 bits per heavy atom. The highest BCUT2D eigenvalue weighted by Crippen LogP contribution is 2.20. The third-order valence-electron chi connectivity index (χ3n) is 5.14. The van der Waals surface area contributed by atoms with E-state index in [2.05, 4.69) is 24.4 Å². The molecule has 1 aliphatic rings. The molecule has 0 spiro atoms. The minimum atomic E-state index is -0.886. The van der Waals surface area contributed by atoms with Crippen LogP contribution in [0.25, 0.3) is 0 Å². The number of urea groups is 1. The van der Waals surface area contributed by atoms with Crippen molar-refractivity contribution in [2.45, 2.75) is 11.9 Å². The second kappa shape index (κ2) is 21.0. The molecule has 0 radical (unpaired) electrons. The number of rotatable bonds is 21. The summed E-state index contributed by atoms with van der Waals surface area (Å²) in [5, 5.41) is 12.1. The van der Waals surface area contributed by atoms with Crippen molar-refractivity contribution >= 4 is 45.0 Å². The molecule has 1 aliphatic heterocycles. The van der Waals surface area contributed by atoms with Crippen molar-refractivity contribution < 1.29 is 33.3 Å². The van der Waals surface area contributed by atoms with Gasteiger partial charge in [-0.3, -0.25) is 8.36 Å². The van der Waals surface area contributed by atoms with Crippen LogP contribution in [-0.4, -0.2) is 96.1 Å². The molecule has 4 N–H and O–H groups in total. The van der Waals surface area contributed by atoms with Gasteiger partial charge >= 0.3 is 6.03 Å². The predicted molar refractivity (Wildman–Crippen MR) is 151 cm³/mol. The normalized spacial score (nSPS) is 17.2. The van der Waals surface area contributed by atoms with Crippen molar-refractivity contribution in [2.24, 2.45) is 14.4 Å². The van der Waals surface area contributed by atoms with Crippen LogP contribution in [0.15, 0.2) is 32.7 Å². The number of ether oxygens (including phenoxy) is 5. The van der Waals surface area contributed by atoms with Gasteiger partial charge in [-0.25, -0.2) is 4.79 Å². The summed E-state index contributed by atoms with van der Waals surface area (Å²) in [6, 6.07) is 7.26. The van der Waals surface area contributed by atoms with Crippen molar-refractivity contribution in [2.75, 3.05) is 78.8 Å². The van der Waals surface area contributed by atoms with Gasteiger partial charge in [0.05, 0.1) is 77.6 Å². The Hall–Kier alpha value is -1.92. The van der Waals surface area contributed by atoms with Gasteiger partial charge in [0.15, 0.2) is 21.3 Å². The molecule has 2 atom stereocenters. The third kappa shape index (κ3) is 14.9. The van der Waals surface area contributed by atoms with E-state index in [0.29, 0.717) is 72.5 Å². The van der Waals surface area contributed by atoms with Crippen LogP contribution in [0.1, 0.15) is 5.56 Å². The van der Waals surface area contributed by atoms with Crippen LogP contribution in [0.5, 0.6) is 5.75 Å². The van der Waals surface area contributed by atoms with Gasteiger partial charge < -0.3 is 39.6 Å². The number of hydrogen-bond donors (Lipinski definition) is 4. The van der Waals surface area contributed by atoms with E-state index >= 15 is 0 Å². The van der Waals surface area contributed by atoms with E-state index in [1.807, 2.05) is 24.3 Å². The van der Waals surface area contributed by atoms with Gasteiger partial charge in [0, 0.05) is 19.0 Å². The highest BCUT2D eigenvalue weighted by Gasteiger charge is 2.29. The average Bonchev–Trinajstić information content (AvgIpc) is 2.94. The van der Waals surface area contributed by atoms with Crippen LogP contribution in [0.3, 0.4) is 0 Å². The van der Waals surface area contributed by atoms with Crippen LogP contribution >= 0.6 is 33.1 Å². The lowest BCUT2D eigenvalue weighted by molar-refractivity contribution is -0.118. The minimum absolute atomic E-state index is 0.0190. The monoisotopic (exact) mass is 668 g/mol. The van der Waals surface area contributed by atoms with Gasteiger partial charge in [-0.15, -0.1) is 15.1 Å². The summed E-state index contributed by atoms with van der Waals surface area (Å²) in [5.41, 5.74) is 0.978. The van der Waals surface area contributed by atoms with Gasteiger partial charge in [0.1, 0.15) is 5.75 Å². The maximum atomic E-state index is 12.3. The second-order valence-corrected chi connectivity index (χ2v) is 9.95. The Kier molecular flexibility index (Phi) is 17.8. The molecule has 214 valence electrons. The smallest absolute Gasteiger partial charge is 0.315 e. The maximum absolute atomic E-state index is 12.3. The zero-order valence-electron chi connectivity index (χ0n) is 21.5. The van der Waals surface area contributed by atoms with E-state index in [9.17, 15) is 9.59 Å². The molecule has 15 heteroatoms. The van der Waals surface area contributed by atoms with Gasteiger partial charge in [-0.1, -0.05) is 12.1 Å². The van der Waals surface area contributed by atoms with Crippen LogP contribution in [0, 0.1) is 9.48 Å². The highest BCUT2D eigenvalue weighted by atomic mass is 127.